The summed E-state index contributed by atoms with van der Waals surface area (Å²) in [5.74, 6) is -0.869. The Morgan fingerprint density at radius 3 is 2.11 bits per heavy atom. The molecule has 4 nitrogen and oxygen atoms in total. The van der Waals surface area contributed by atoms with Crippen molar-refractivity contribution in [3.63, 3.8) is 0 Å². The number of carbonyl (C=O) groups excluding carboxylic acids is 1. The minimum atomic E-state index is -0.814. The zero-order valence-electron chi connectivity index (χ0n) is 11.7. The van der Waals surface area contributed by atoms with E-state index in [1.807, 2.05) is 32.9 Å². The minimum absolute atomic E-state index is 0.0551. The van der Waals surface area contributed by atoms with Crippen LogP contribution in [0.3, 0.4) is 0 Å². The van der Waals surface area contributed by atoms with Crippen molar-refractivity contribution in [2.75, 3.05) is 5.32 Å². The van der Waals surface area contributed by atoms with Crippen LogP contribution in [-0.2, 0) is 9.59 Å². The first-order valence-corrected chi connectivity index (χ1v) is 6.49. The summed E-state index contributed by atoms with van der Waals surface area (Å²) >= 11 is 0. The number of nitrogens with one attached hydrogen (secondary N) is 1. The molecule has 0 aliphatic carbocycles. The Hall–Kier alpha value is -1.84. The van der Waals surface area contributed by atoms with Crippen molar-refractivity contribution in [1.82, 2.24) is 0 Å². The second kappa shape index (κ2) is 6.92. The van der Waals surface area contributed by atoms with Crippen molar-refractivity contribution in [1.29, 1.82) is 0 Å². The molecule has 1 amide bonds. The van der Waals surface area contributed by atoms with Gasteiger partial charge >= 0.3 is 5.97 Å². The van der Waals surface area contributed by atoms with E-state index in [2.05, 4.69) is 5.32 Å². The van der Waals surface area contributed by atoms with Crippen molar-refractivity contribution in [3.05, 3.63) is 28.8 Å². The third-order valence-electron chi connectivity index (χ3n) is 2.99. The number of amides is 1. The second-order valence-electron chi connectivity index (χ2n) is 4.92. The predicted molar refractivity (Wildman–Crippen MR) is 75.4 cm³/mol. The van der Waals surface area contributed by atoms with Gasteiger partial charge in [-0.05, 0) is 44.7 Å². The number of aryl methyl sites for hydroxylation is 3. The minimum Gasteiger partial charge on any atom is -0.481 e. The van der Waals surface area contributed by atoms with Gasteiger partial charge in [-0.15, -0.1) is 0 Å². The van der Waals surface area contributed by atoms with E-state index in [1.165, 1.54) is 5.56 Å². The van der Waals surface area contributed by atoms with E-state index in [9.17, 15) is 9.59 Å². The molecule has 0 radical (unpaired) electrons. The largest absolute Gasteiger partial charge is 0.481 e. The van der Waals surface area contributed by atoms with E-state index in [-0.39, 0.29) is 12.3 Å². The van der Waals surface area contributed by atoms with E-state index in [0.29, 0.717) is 19.3 Å². The molecule has 0 aliphatic heterocycles. The zero-order valence-corrected chi connectivity index (χ0v) is 11.7. The van der Waals surface area contributed by atoms with E-state index >= 15 is 0 Å². The van der Waals surface area contributed by atoms with E-state index < -0.39 is 5.97 Å². The maximum Gasteiger partial charge on any atom is 0.303 e. The number of hydrogen-bond donors (Lipinski definition) is 2. The number of rotatable bonds is 6. The summed E-state index contributed by atoms with van der Waals surface area (Å²) in [5, 5.41) is 11.4. The van der Waals surface area contributed by atoms with Gasteiger partial charge in [0.15, 0.2) is 0 Å². The number of carboxylic acid groups (broad SMARTS) is 1. The van der Waals surface area contributed by atoms with Crippen molar-refractivity contribution in [2.45, 2.75) is 46.5 Å². The molecule has 0 aromatic heterocycles. The number of unbranched alkanes of at least 4 members (excludes halogenated alkanes) is 1. The first-order chi connectivity index (χ1) is 8.90. The number of carbonyl (C=O) groups is 2. The highest BCUT2D eigenvalue weighted by Crippen LogP contribution is 2.22. The van der Waals surface area contributed by atoms with Gasteiger partial charge in [-0.3, -0.25) is 9.59 Å². The van der Waals surface area contributed by atoms with E-state index in [0.717, 1.165) is 16.8 Å². The molecule has 0 aliphatic rings. The van der Waals surface area contributed by atoms with Gasteiger partial charge in [-0.25, -0.2) is 0 Å². The Morgan fingerprint density at radius 2 is 1.58 bits per heavy atom. The topological polar surface area (TPSA) is 66.4 Å². The third-order valence-corrected chi connectivity index (χ3v) is 2.99. The Balaban J connectivity index is 2.51. The lowest BCUT2D eigenvalue weighted by molar-refractivity contribution is -0.137. The first-order valence-electron chi connectivity index (χ1n) is 6.49. The number of benzene rings is 1. The fraction of sp³-hybridized carbons (Fsp3) is 0.467. The molecule has 0 spiro atoms. The molecule has 104 valence electrons. The SMILES string of the molecule is Cc1cc(C)c(NC(=O)CCCCC(=O)O)c(C)c1. The van der Waals surface area contributed by atoms with Crippen LogP contribution in [0.4, 0.5) is 5.69 Å². The number of hydrogen-bond acceptors (Lipinski definition) is 2. The van der Waals surface area contributed by atoms with Crippen LogP contribution < -0.4 is 5.32 Å². The summed E-state index contributed by atoms with van der Waals surface area (Å²) in [7, 11) is 0. The fourth-order valence-electron chi connectivity index (χ4n) is 2.14. The Bertz CT molecular complexity index is 457. The van der Waals surface area contributed by atoms with Crippen LogP contribution in [0, 0.1) is 20.8 Å². The highest BCUT2D eigenvalue weighted by molar-refractivity contribution is 5.92. The quantitative estimate of drug-likeness (QED) is 0.774. The molecular formula is C15H21NO3. The van der Waals surface area contributed by atoms with Crippen LogP contribution in [0.1, 0.15) is 42.4 Å². The van der Waals surface area contributed by atoms with Crippen LogP contribution >= 0.6 is 0 Å². The fourth-order valence-corrected chi connectivity index (χ4v) is 2.14. The van der Waals surface area contributed by atoms with Gasteiger partial charge in [0, 0.05) is 18.5 Å². The van der Waals surface area contributed by atoms with Crippen molar-refractivity contribution in [3.8, 4) is 0 Å². The van der Waals surface area contributed by atoms with Gasteiger partial charge in [-0.1, -0.05) is 17.7 Å². The second-order valence-corrected chi connectivity index (χ2v) is 4.92. The molecule has 2 N–H and O–H groups in total. The average Bonchev–Trinajstić information content (AvgIpc) is 2.29. The lowest BCUT2D eigenvalue weighted by atomic mass is 10.0. The molecule has 0 fully saturated rings. The van der Waals surface area contributed by atoms with E-state index in [1.54, 1.807) is 0 Å². The summed E-state index contributed by atoms with van der Waals surface area (Å²) in [6, 6.07) is 4.07. The number of carboxylic acids is 1. The van der Waals surface area contributed by atoms with Gasteiger partial charge in [0.1, 0.15) is 0 Å². The summed E-state index contributed by atoms with van der Waals surface area (Å²) in [6.07, 6.45) is 1.62. The molecule has 1 aromatic carbocycles. The molecule has 19 heavy (non-hydrogen) atoms. The molecule has 4 heteroatoms. The monoisotopic (exact) mass is 263 g/mol. The molecule has 1 aromatic rings. The highest BCUT2D eigenvalue weighted by Gasteiger charge is 2.08. The summed E-state index contributed by atoms with van der Waals surface area (Å²) in [6.45, 7) is 5.97. The van der Waals surface area contributed by atoms with Crippen LogP contribution in [0.2, 0.25) is 0 Å². The average molecular weight is 263 g/mol. The first kappa shape index (κ1) is 15.2. The van der Waals surface area contributed by atoms with Crippen molar-refractivity contribution < 1.29 is 14.7 Å². The molecule has 0 heterocycles. The predicted octanol–water partition coefficient (Wildman–Crippen LogP) is 3.20. The van der Waals surface area contributed by atoms with Crippen LogP contribution in [-0.4, -0.2) is 17.0 Å². The van der Waals surface area contributed by atoms with Crippen molar-refractivity contribution in [2.24, 2.45) is 0 Å². The van der Waals surface area contributed by atoms with E-state index in [4.69, 9.17) is 5.11 Å². The van der Waals surface area contributed by atoms with Crippen LogP contribution in [0.15, 0.2) is 12.1 Å². The molecule has 0 atom stereocenters. The van der Waals surface area contributed by atoms with Crippen molar-refractivity contribution >= 4 is 17.6 Å². The highest BCUT2D eigenvalue weighted by atomic mass is 16.4. The summed E-state index contributed by atoms with van der Waals surface area (Å²) in [4.78, 5) is 22.1. The molecule has 0 unspecified atom stereocenters. The lowest BCUT2D eigenvalue weighted by Crippen LogP contribution is -2.13. The Labute approximate surface area is 113 Å². The maximum atomic E-state index is 11.8. The van der Waals surface area contributed by atoms with Crippen LogP contribution in [0.25, 0.3) is 0 Å². The Kier molecular flexibility index (Phi) is 5.55. The smallest absolute Gasteiger partial charge is 0.303 e. The molecule has 0 saturated heterocycles. The molecule has 1 rings (SSSR count). The third kappa shape index (κ3) is 5.12. The molecular weight excluding hydrogens is 242 g/mol. The standard InChI is InChI=1S/C15H21NO3/c1-10-8-11(2)15(12(3)9-10)16-13(17)6-4-5-7-14(18)19/h8-9H,4-7H2,1-3H3,(H,16,17)(H,18,19). The summed E-state index contributed by atoms with van der Waals surface area (Å²) in [5.41, 5.74) is 4.15. The van der Waals surface area contributed by atoms with Gasteiger partial charge in [0.25, 0.3) is 0 Å². The van der Waals surface area contributed by atoms with Gasteiger partial charge in [0.2, 0.25) is 5.91 Å². The van der Waals surface area contributed by atoms with Gasteiger partial charge in [-0.2, -0.15) is 0 Å². The maximum absolute atomic E-state index is 11.8. The summed E-state index contributed by atoms with van der Waals surface area (Å²) < 4.78 is 0. The zero-order chi connectivity index (χ0) is 14.4. The normalized spacial score (nSPS) is 10.3. The lowest BCUT2D eigenvalue weighted by Gasteiger charge is -2.12. The molecule has 0 saturated carbocycles. The van der Waals surface area contributed by atoms with Crippen LogP contribution in [0.5, 0.6) is 0 Å². The number of aliphatic carboxylic acids is 1. The van der Waals surface area contributed by atoms with Gasteiger partial charge in [0.05, 0.1) is 0 Å². The number of anilines is 1. The van der Waals surface area contributed by atoms with Gasteiger partial charge < -0.3 is 10.4 Å². The Morgan fingerprint density at radius 1 is 1.05 bits per heavy atom. The molecule has 0 bridgehead atoms.